The second kappa shape index (κ2) is 2.65. The molecule has 0 aliphatic heterocycles. The third-order valence-corrected chi connectivity index (χ3v) is 1.26. The molecule has 4 heteroatoms. The van der Waals surface area contributed by atoms with Crippen molar-refractivity contribution in [2.24, 2.45) is 0 Å². The maximum Gasteiger partial charge on any atom is 0.305 e. The van der Waals surface area contributed by atoms with E-state index in [2.05, 4.69) is 6.92 Å². The number of hydrogen-bond acceptors (Lipinski definition) is 2. The molecule has 0 aliphatic rings. The van der Waals surface area contributed by atoms with Crippen LogP contribution in [0.3, 0.4) is 0 Å². The Balaban J connectivity index is 3.27. The number of nitro benzene ring substituents is 1. The minimum atomic E-state index is -0.863. The summed E-state index contributed by atoms with van der Waals surface area (Å²) in [6.45, 7) is 3.28. The van der Waals surface area contributed by atoms with Crippen molar-refractivity contribution in [3.63, 3.8) is 0 Å². The van der Waals surface area contributed by atoms with Crippen LogP contribution in [-0.2, 0) is 0 Å². The van der Waals surface area contributed by atoms with Gasteiger partial charge in [0.15, 0.2) is 0 Å². The Kier molecular flexibility index (Phi) is 1.85. The minimum absolute atomic E-state index is 0.0409. The molecular formula is C7H5FNO2. The Morgan fingerprint density at radius 1 is 1.55 bits per heavy atom. The molecule has 0 N–H and O–H groups in total. The number of nitro groups is 1. The zero-order valence-corrected chi connectivity index (χ0v) is 5.58. The van der Waals surface area contributed by atoms with Crippen molar-refractivity contribution in [2.75, 3.05) is 0 Å². The lowest BCUT2D eigenvalue weighted by atomic mass is 10.2. The first-order chi connectivity index (χ1) is 5.13. The molecule has 1 radical (unpaired) electrons. The maximum absolute atomic E-state index is 12.7. The fraction of sp³-hybridized carbons (Fsp3) is 0. The summed E-state index contributed by atoms with van der Waals surface area (Å²) < 4.78 is 12.7. The molecular weight excluding hydrogens is 149 g/mol. The highest BCUT2D eigenvalue weighted by atomic mass is 19.1. The van der Waals surface area contributed by atoms with Crippen LogP contribution in [0.15, 0.2) is 18.2 Å². The van der Waals surface area contributed by atoms with Crippen LogP contribution in [0, 0.1) is 22.9 Å². The fourth-order valence-corrected chi connectivity index (χ4v) is 0.707. The number of hydrogen-bond donors (Lipinski definition) is 0. The average Bonchev–Trinajstić information content (AvgIpc) is 1.94. The molecule has 11 heavy (non-hydrogen) atoms. The summed E-state index contributed by atoms with van der Waals surface area (Å²) in [7, 11) is 0. The first-order valence-electron chi connectivity index (χ1n) is 2.88. The van der Waals surface area contributed by atoms with Gasteiger partial charge in [0.1, 0.15) is 0 Å². The van der Waals surface area contributed by atoms with Crippen LogP contribution < -0.4 is 0 Å². The van der Waals surface area contributed by atoms with Crippen molar-refractivity contribution in [3.8, 4) is 0 Å². The Morgan fingerprint density at radius 2 is 2.18 bits per heavy atom. The van der Waals surface area contributed by atoms with E-state index in [4.69, 9.17) is 0 Å². The van der Waals surface area contributed by atoms with Crippen LogP contribution in [0.4, 0.5) is 10.1 Å². The molecule has 0 unspecified atom stereocenters. The van der Waals surface area contributed by atoms with E-state index in [0.29, 0.717) is 0 Å². The molecule has 0 fully saturated rings. The summed E-state index contributed by atoms with van der Waals surface area (Å²) in [5, 5.41) is 10.1. The number of benzene rings is 1. The summed E-state index contributed by atoms with van der Waals surface area (Å²) in [6, 6.07) is 3.87. The van der Waals surface area contributed by atoms with E-state index in [9.17, 15) is 14.5 Å². The van der Waals surface area contributed by atoms with E-state index in [-0.39, 0.29) is 5.56 Å². The monoisotopic (exact) mass is 154 g/mol. The van der Waals surface area contributed by atoms with E-state index < -0.39 is 16.4 Å². The lowest BCUT2D eigenvalue weighted by Crippen LogP contribution is -1.93. The summed E-state index contributed by atoms with van der Waals surface area (Å²) >= 11 is 0. The van der Waals surface area contributed by atoms with Gasteiger partial charge in [-0.25, -0.2) is 0 Å². The molecule has 0 saturated heterocycles. The summed E-state index contributed by atoms with van der Waals surface area (Å²) in [5.41, 5.74) is -0.489. The zero-order chi connectivity index (χ0) is 8.43. The van der Waals surface area contributed by atoms with E-state index >= 15 is 0 Å². The molecule has 3 nitrogen and oxygen atoms in total. The number of rotatable bonds is 1. The molecule has 57 valence electrons. The molecule has 0 saturated carbocycles. The largest absolute Gasteiger partial charge is 0.305 e. The highest BCUT2D eigenvalue weighted by Crippen LogP contribution is 2.18. The molecule has 0 amide bonds. The van der Waals surface area contributed by atoms with Gasteiger partial charge in [-0.05, 0) is 12.5 Å². The minimum Gasteiger partial charge on any atom is -0.258 e. The van der Waals surface area contributed by atoms with Crippen molar-refractivity contribution in [1.82, 2.24) is 0 Å². The number of nitrogens with zero attached hydrogens (tertiary/aromatic N) is 1. The SMILES string of the molecule is [CH2]c1cccc([N+](=O)[O-])c1F. The molecule has 0 aromatic heterocycles. The first kappa shape index (κ1) is 7.65. The predicted octanol–water partition coefficient (Wildman–Crippen LogP) is 1.92. The smallest absolute Gasteiger partial charge is 0.258 e. The van der Waals surface area contributed by atoms with Crippen LogP contribution in [-0.4, -0.2) is 4.92 Å². The lowest BCUT2D eigenvalue weighted by Gasteiger charge is -1.94. The van der Waals surface area contributed by atoms with Crippen LogP contribution in [0.1, 0.15) is 5.56 Å². The van der Waals surface area contributed by atoms with E-state index in [0.717, 1.165) is 6.07 Å². The molecule has 0 heterocycles. The van der Waals surface area contributed by atoms with Gasteiger partial charge in [-0.3, -0.25) is 10.1 Å². The lowest BCUT2D eigenvalue weighted by molar-refractivity contribution is -0.387. The third-order valence-electron chi connectivity index (χ3n) is 1.26. The van der Waals surface area contributed by atoms with Crippen molar-refractivity contribution in [1.29, 1.82) is 0 Å². The normalized spacial score (nSPS) is 9.64. The number of halogens is 1. The average molecular weight is 154 g/mol. The van der Waals surface area contributed by atoms with Crippen LogP contribution in [0.5, 0.6) is 0 Å². The molecule has 1 aromatic carbocycles. The highest BCUT2D eigenvalue weighted by molar-refractivity contribution is 5.37. The first-order valence-corrected chi connectivity index (χ1v) is 2.88. The predicted molar refractivity (Wildman–Crippen MR) is 37.5 cm³/mol. The van der Waals surface area contributed by atoms with Crippen LogP contribution in [0.2, 0.25) is 0 Å². The van der Waals surface area contributed by atoms with Gasteiger partial charge in [-0.2, -0.15) is 4.39 Å². The van der Waals surface area contributed by atoms with Crippen molar-refractivity contribution >= 4 is 5.69 Å². The van der Waals surface area contributed by atoms with Crippen LogP contribution >= 0.6 is 0 Å². The standard InChI is InChI=1S/C7H5FNO2/c1-5-3-2-4-6(7(5)8)9(10)11/h2-4H,1H2. The Hall–Kier alpha value is -1.45. The summed E-state index contributed by atoms with van der Waals surface area (Å²) in [6.07, 6.45) is 0. The second-order valence-corrected chi connectivity index (χ2v) is 2.01. The highest BCUT2D eigenvalue weighted by Gasteiger charge is 2.13. The van der Waals surface area contributed by atoms with Crippen LogP contribution in [0.25, 0.3) is 0 Å². The van der Waals surface area contributed by atoms with Crippen molar-refractivity contribution < 1.29 is 9.31 Å². The summed E-state index contributed by atoms with van der Waals surface area (Å²) in [5.74, 6) is -0.863. The van der Waals surface area contributed by atoms with Gasteiger partial charge in [0, 0.05) is 6.07 Å². The Bertz CT molecular complexity index is 298. The third kappa shape index (κ3) is 1.34. The van der Waals surface area contributed by atoms with E-state index in [1.165, 1.54) is 12.1 Å². The van der Waals surface area contributed by atoms with Gasteiger partial charge in [-0.15, -0.1) is 0 Å². The summed E-state index contributed by atoms with van der Waals surface area (Å²) in [4.78, 5) is 9.34. The van der Waals surface area contributed by atoms with Gasteiger partial charge in [0.25, 0.3) is 0 Å². The fourth-order valence-electron chi connectivity index (χ4n) is 0.707. The molecule has 0 aliphatic carbocycles. The van der Waals surface area contributed by atoms with E-state index in [1.54, 1.807) is 0 Å². The maximum atomic E-state index is 12.7. The Labute approximate surface area is 62.6 Å². The van der Waals surface area contributed by atoms with E-state index in [1.807, 2.05) is 0 Å². The van der Waals surface area contributed by atoms with Gasteiger partial charge in [0.2, 0.25) is 5.82 Å². The van der Waals surface area contributed by atoms with Crippen molar-refractivity contribution in [3.05, 3.63) is 46.6 Å². The topological polar surface area (TPSA) is 43.1 Å². The molecule has 0 bridgehead atoms. The zero-order valence-electron chi connectivity index (χ0n) is 5.58. The van der Waals surface area contributed by atoms with Gasteiger partial charge >= 0.3 is 5.69 Å². The molecule has 1 aromatic rings. The van der Waals surface area contributed by atoms with Gasteiger partial charge in [0.05, 0.1) is 4.92 Å². The quantitative estimate of drug-likeness (QED) is 0.458. The van der Waals surface area contributed by atoms with Gasteiger partial charge in [-0.1, -0.05) is 12.1 Å². The Morgan fingerprint density at radius 3 is 2.64 bits per heavy atom. The van der Waals surface area contributed by atoms with Gasteiger partial charge < -0.3 is 0 Å². The molecule has 0 atom stereocenters. The second-order valence-electron chi connectivity index (χ2n) is 2.01. The molecule has 1 rings (SSSR count). The molecule has 0 spiro atoms. The van der Waals surface area contributed by atoms with Crippen molar-refractivity contribution in [2.45, 2.75) is 0 Å².